The first kappa shape index (κ1) is 12.7. The van der Waals surface area contributed by atoms with E-state index in [0.29, 0.717) is 12.6 Å². The largest absolute Gasteiger partial charge is 0.329 e. The highest BCUT2D eigenvalue weighted by Crippen LogP contribution is 2.24. The van der Waals surface area contributed by atoms with Crippen LogP contribution < -0.4 is 5.32 Å². The quantitative estimate of drug-likeness (QED) is 0.717. The molecule has 1 atom stereocenters. The summed E-state index contributed by atoms with van der Waals surface area (Å²) in [6.45, 7) is 6.23. The molecule has 3 fully saturated rings. The predicted molar refractivity (Wildman–Crippen MR) is 71.5 cm³/mol. The smallest absolute Gasteiger partial charge is 0.246 e. The molecule has 19 heavy (non-hydrogen) atoms. The third-order valence-electron chi connectivity index (χ3n) is 4.13. The van der Waals surface area contributed by atoms with E-state index in [1.807, 2.05) is 0 Å². The molecule has 0 spiro atoms. The van der Waals surface area contributed by atoms with Crippen molar-refractivity contribution in [3.8, 4) is 0 Å². The van der Waals surface area contributed by atoms with E-state index in [1.165, 1.54) is 12.8 Å². The number of hydrogen-bond acceptors (Lipinski definition) is 3. The van der Waals surface area contributed by atoms with Crippen LogP contribution in [0.2, 0.25) is 0 Å². The number of carbonyl (C=O) groups is 2. The predicted octanol–water partition coefficient (Wildman–Crippen LogP) is 0.128. The summed E-state index contributed by atoms with van der Waals surface area (Å²) in [6.07, 6.45) is 4.24. The van der Waals surface area contributed by atoms with Crippen LogP contribution in [0.3, 0.4) is 0 Å². The Balaban J connectivity index is 1.56. The van der Waals surface area contributed by atoms with Crippen molar-refractivity contribution in [1.82, 2.24) is 15.1 Å². The van der Waals surface area contributed by atoms with Crippen molar-refractivity contribution in [3.05, 3.63) is 12.2 Å². The Morgan fingerprint density at radius 1 is 1.32 bits per heavy atom. The maximum atomic E-state index is 12.3. The zero-order valence-electron chi connectivity index (χ0n) is 11.2. The standard InChI is InChI=1S/C14H21N3O2/c1-10(7-15-11-4-5-11)8-16-9-13(18)17-6-2-3-12(17)14(16)19/h11-12,15H,1-9H2. The summed E-state index contributed by atoms with van der Waals surface area (Å²) in [6, 6.07) is 0.436. The van der Waals surface area contributed by atoms with Crippen LogP contribution >= 0.6 is 0 Å². The fraction of sp³-hybridized carbons (Fsp3) is 0.714. The Kier molecular flexibility index (Phi) is 3.31. The Labute approximate surface area is 113 Å². The molecule has 2 saturated heterocycles. The van der Waals surface area contributed by atoms with Gasteiger partial charge in [0.1, 0.15) is 12.6 Å². The van der Waals surface area contributed by atoms with Gasteiger partial charge in [0, 0.05) is 25.7 Å². The first-order valence-electron chi connectivity index (χ1n) is 7.13. The number of fused-ring (bicyclic) bond motifs is 1. The molecule has 3 aliphatic rings. The van der Waals surface area contributed by atoms with Gasteiger partial charge in [0.25, 0.3) is 0 Å². The molecule has 0 aromatic heterocycles. The third-order valence-corrected chi connectivity index (χ3v) is 4.13. The van der Waals surface area contributed by atoms with E-state index in [-0.39, 0.29) is 24.4 Å². The van der Waals surface area contributed by atoms with Crippen LogP contribution in [0.5, 0.6) is 0 Å². The zero-order valence-corrected chi connectivity index (χ0v) is 11.2. The van der Waals surface area contributed by atoms with Crippen molar-refractivity contribution >= 4 is 11.8 Å². The molecule has 2 heterocycles. The number of amides is 2. The molecule has 0 bridgehead atoms. The molecule has 5 nitrogen and oxygen atoms in total. The lowest BCUT2D eigenvalue weighted by atomic mass is 10.1. The second-order valence-corrected chi connectivity index (χ2v) is 5.84. The summed E-state index contributed by atoms with van der Waals surface area (Å²) in [4.78, 5) is 27.7. The van der Waals surface area contributed by atoms with Gasteiger partial charge in [-0.15, -0.1) is 0 Å². The average Bonchev–Trinajstić information content (AvgIpc) is 3.07. The van der Waals surface area contributed by atoms with Crippen LogP contribution in [-0.4, -0.2) is 59.9 Å². The summed E-state index contributed by atoms with van der Waals surface area (Å²) in [5, 5.41) is 3.39. The highest BCUT2D eigenvalue weighted by Gasteiger charge is 2.41. The van der Waals surface area contributed by atoms with Crippen LogP contribution in [0.1, 0.15) is 25.7 Å². The van der Waals surface area contributed by atoms with Gasteiger partial charge in [-0.25, -0.2) is 0 Å². The minimum atomic E-state index is -0.203. The van der Waals surface area contributed by atoms with Crippen molar-refractivity contribution in [2.24, 2.45) is 0 Å². The molecule has 1 N–H and O–H groups in total. The molecule has 0 radical (unpaired) electrons. The third kappa shape index (κ3) is 2.66. The molecule has 5 heteroatoms. The van der Waals surface area contributed by atoms with Crippen LogP contribution in [0.4, 0.5) is 0 Å². The molecule has 1 unspecified atom stereocenters. The van der Waals surface area contributed by atoms with Gasteiger partial charge in [0.05, 0.1) is 0 Å². The first-order chi connectivity index (χ1) is 9.15. The maximum absolute atomic E-state index is 12.3. The molecular weight excluding hydrogens is 242 g/mol. The van der Waals surface area contributed by atoms with E-state index in [0.717, 1.165) is 31.5 Å². The van der Waals surface area contributed by atoms with Gasteiger partial charge in [-0.05, 0) is 31.3 Å². The van der Waals surface area contributed by atoms with Gasteiger partial charge in [0.2, 0.25) is 11.8 Å². The second-order valence-electron chi connectivity index (χ2n) is 5.84. The highest BCUT2D eigenvalue weighted by molar-refractivity contribution is 5.95. The minimum absolute atomic E-state index is 0.0880. The van der Waals surface area contributed by atoms with Crippen molar-refractivity contribution in [2.45, 2.75) is 37.8 Å². The van der Waals surface area contributed by atoms with Gasteiger partial charge in [-0.1, -0.05) is 6.58 Å². The van der Waals surface area contributed by atoms with Crippen LogP contribution in [0.15, 0.2) is 12.2 Å². The summed E-state index contributed by atoms with van der Waals surface area (Å²) in [5.74, 6) is 0.190. The van der Waals surface area contributed by atoms with E-state index in [4.69, 9.17) is 0 Å². The lowest BCUT2D eigenvalue weighted by Crippen LogP contribution is -2.57. The summed E-state index contributed by atoms with van der Waals surface area (Å²) in [5.41, 5.74) is 0.986. The lowest BCUT2D eigenvalue weighted by molar-refractivity contribution is -0.153. The normalized spacial score (nSPS) is 26.8. The van der Waals surface area contributed by atoms with Gasteiger partial charge in [-0.2, -0.15) is 0 Å². The topological polar surface area (TPSA) is 52.7 Å². The summed E-state index contributed by atoms with van der Waals surface area (Å²) < 4.78 is 0. The molecule has 1 aliphatic carbocycles. The van der Waals surface area contributed by atoms with E-state index < -0.39 is 0 Å². The van der Waals surface area contributed by atoms with E-state index in [9.17, 15) is 9.59 Å². The Morgan fingerprint density at radius 3 is 2.84 bits per heavy atom. The molecule has 2 aliphatic heterocycles. The molecular formula is C14H21N3O2. The molecule has 0 aromatic carbocycles. The van der Waals surface area contributed by atoms with E-state index in [1.54, 1.807) is 9.80 Å². The number of nitrogens with zero attached hydrogens (tertiary/aromatic N) is 2. The van der Waals surface area contributed by atoms with Crippen LogP contribution in [0.25, 0.3) is 0 Å². The van der Waals surface area contributed by atoms with Gasteiger partial charge >= 0.3 is 0 Å². The van der Waals surface area contributed by atoms with Gasteiger partial charge < -0.3 is 15.1 Å². The number of carbonyl (C=O) groups excluding carboxylic acids is 2. The average molecular weight is 263 g/mol. The van der Waals surface area contributed by atoms with Crippen molar-refractivity contribution in [1.29, 1.82) is 0 Å². The molecule has 0 aromatic rings. The van der Waals surface area contributed by atoms with Crippen molar-refractivity contribution in [2.75, 3.05) is 26.2 Å². The zero-order chi connectivity index (χ0) is 13.4. The fourth-order valence-corrected chi connectivity index (χ4v) is 2.90. The molecule has 1 saturated carbocycles. The molecule has 104 valence electrons. The fourth-order valence-electron chi connectivity index (χ4n) is 2.90. The molecule has 2 amide bonds. The van der Waals surface area contributed by atoms with Gasteiger partial charge in [-0.3, -0.25) is 9.59 Å². The number of hydrogen-bond donors (Lipinski definition) is 1. The van der Waals surface area contributed by atoms with Crippen LogP contribution in [0, 0.1) is 0 Å². The number of nitrogens with one attached hydrogen (secondary N) is 1. The highest BCUT2D eigenvalue weighted by atomic mass is 16.2. The second kappa shape index (κ2) is 4.96. The maximum Gasteiger partial charge on any atom is 0.246 e. The van der Waals surface area contributed by atoms with Crippen LogP contribution in [-0.2, 0) is 9.59 Å². The summed E-state index contributed by atoms with van der Waals surface area (Å²) in [7, 11) is 0. The lowest BCUT2D eigenvalue weighted by Gasteiger charge is -2.36. The molecule has 3 rings (SSSR count). The van der Waals surface area contributed by atoms with E-state index in [2.05, 4.69) is 11.9 Å². The Bertz CT molecular complexity index is 417. The monoisotopic (exact) mass is 263 g/mol. The minimum Gasteiger partial charge on any atom is -0.329 e. The Hall–Kier alpha value is -1.36. The van der Waals surface area contributed by atoms with Gasteiger partial charge in [0.15, 0.2) is 0 Å². The number of rotatable bonds is 5. The summed E-state index contributed by atoms with van der Waals surface area (Å²) >= 11 is 0. The Morgan fingerprint density at radius 2 is 2.11 bits per heavy atom. The van der Waals surface area contributed by atoms with Crippen molar-refractivity contribution < 1.29 is 9.59 Å². The van der Waals surface area contributed by atoms with Crippen molar-refractivity contribution in [3.63, 3.8) is 0 Å². The first-order valence-corrected chi connectivity index (χ1v) is 7.13. The van der Waals surface area contributed by atoms with E-state index >= 15 is 0 Å². The number of piperazine rings is 1. The SMILES string of the molecule is C=C(CNC1CC1)CN1CC(=O)N2CCCC2C1=O.